The van der Waals surface area contributed by atoms with Crippen LogP contribution in [0.4, 0.5) is 5.69 Å². The highest BCUT2D eigenvalue weighted by Gasteiger charge is 2.07. The van der Waals surface area contributed by atoms with Gasteiger partial charge >= 0.3 is 0 Å². The first-order valence-electron chi connectivity index (χ1n) is 5.31. The maximum atomic E-state index is 4.31. The zero-order chi connectivity index (χ0) is 11.7. The van der Waals surface area contributed by atoms with E-state index in [0.717, 1.165) is 16.9 Å². The number of thiazole rings is 2. The largest absolute Gasteiger partial charge is 0.377 e. The van der Waals surface area contributed by atoms with E-state index in [4.69, 9.17) is 0 Å². The molecule has 1 atom stereocenters. The minimum Gasteiger partial charge on any atom is -0.377 e. The van der Waals surface area contributed by atoms with Crippen molar-refractivity contribution < 1.29 is 0 Å². The molecule has 0 bridgehead atoms. The predicted octanol–water partition coefficient (Wildman–Crippen LogP) is 3.93. The SMILES string of the molecule is CC(Nc1ccc2ncsc2c1)c1cscn1. The second-order valence-corrected chi connectivity index (χ2v) is 5.42. The molecular formula is C12H11N3S2. The standard InChI is InChI=1S/C12H11N3S2/c1-8(11-5-16-6-13-11)15-9-2-3-10-12(4-9)17-7-14-10/h2-8,15H,1H3. The van der Waals surface area contributed by atoms with Crippen molar-refractivity contribution >= 4 is 38.6 Å². The van der Waals surface area contributed by atoms with Crippen LogP contribution in [0.1, 0.15) is 18.7 Å². The topological polar surface area (TPSA) is 37.8 Å². The molecule has 0 amide bonds. The van der Waals surface area contributed by atoms with Crippen LogP contribution in [0, 0.1) is 0 Å². The molecule has 2 aromatic heterocycles. The fraction of sp³-hybridized carbons (Fsp3) is 0.167. The van der Waals surface area contributed by atoms with Crippen LogP contribution in [0.25, 0.3) is 10.2 Å². The summed E-state index contributed by atoms with van der Waals surface area (Å²) < 4.78 is 1.21. The fourth-order valence-electron chi connectivity index (χ4n) is 1.70. The van der Waals surface area contributed by atoms with E-state index < -0.39 is 0 Å². The molecule has 86 valence electrons. The van der Waals surface area contributed by atoms with Gasteiger partial charge in [0, 0.05) is 11.1 Å². The summed E-state index contributed by atoms with van der Waals surface area (Å²) in [6.45, 7) is 2.12. The minimum absolute atomic E-state index is 0.228. The second-order valence-electron chi connectivity index (χ2n) is 3.81. The summed E-state index contributed by atoms with van der Waals surface area (Å²) in [6.07, 6.45) is 0. The first-order valence-corrected chi connectivity index (χ1v) is 7.13. The lowest BCUT2D eigenvalue weighted by Crippen LogP contribution is -2.06. The Hall–Kier alpha value is -1.46. The summed E-state index contributed by atoms with van der Waals surface area (Å²) in [4.78, 5) is 8.58. The summed E-state index contributed by atoms with van der Waals surface area (Å²) in [5.74, 6) is 0. The Kier molecular flexibility index (Phi) is 2.78. The van der Waals surface area contributed by atoms with Crippen molar-refractivity contribution in [3.8, 4) is 0 Å². The van der Waals surface area contributed by atoms with Gasteiger partial charge in [-0.05, 0) is 25.1 Å². The maximum absolute atomic E-state index is 4.31. The molecular weight excluding hydrogens is 250 g/mol. The average Bonchev–Trinajstić information content (AvgIpc) is 2.99. The Morgan fingerprint density at radius 2 is 2.18 bits per heavy atom. The van der Waals surface area contributed by atoms with Gasteiger partial charge in [0.05, 0.1) is 33.0 Å². The highest BCUT2D eigenvalue weighted by Crippen LogP contribution is 2.24. The van der Waals surface area contributed by atoms with Crippen molar-refractivity contribution in [3.63, 3.8) is 0 Å². The molecule has 2 heterocycles. The number of anilines is 1. The van der Waals surface area contributed by atoms with Gasteiger partial charge in [-0.2, -0.15) is 0 Å². The van der Waals surface area contributed by atoms with Gasteiger partial charge in [-0.1, -0.05) is 0 Å². The number of nitrogens with zero attached hydrogens (tertiary/aromatic N) is 2. The molecule has 3 aromatic rings. The van der Waals surface area contributed by atoms with E-state index in [0.29, 0.717) is 0 Å². The van der Waals surface area contributed by atoms with Crippen LogP contribution in [-0.4, -0.2) is 9.97 Å². The zero-order valence-corrected chi connectivity index (χ0v) is 10.9. The number of rotatable bonds is 3. The van der Waals surface area contributed by atoms with Gasteiger partial charge < -0.3 is 5.32 Å². The molecule has 0 spiro atoms. The second kappa shape index (κ2) is 4.43. The Labute approximate surface area is 107 Å². The van der Waals surface area contributed by atoms with Crippen LogP contribution in [0.2, 0.25) is 0 Å². The lowest BCUT2D eigenvalue weighted by atomic mass is 10.2. The Bertz CT molecular complexity index is 616. The van der Waals surface area contributed by atoms with Gasteiger partial charge in [-0.15, -0.1) is 22.7 Å². The summed E-state index contributed by atoms with van der Waals surface area (Å²) in [5, 5.41) is 5.52. The van der Waals surface area contributed by atoms with Crippen LogP contribution < -0.4 is 5.32 Å². The van der Waals surface area contributed by atoms with E-state index in [1.165, 1.54) is 4.70 Å². The monoisotopic (exact) mass is 261 g/mol. The Morgan fingerprint density at radius 1 is 1.24 bits per heavy atom. The van der Waals surface area contributed by atoms with Gasteiger partial charge in [-0.25, -0.2) is 9.97 Å². The van der Waals surface area contributed by atoms with Crippen LogP contribution in [0.3, 0.4) is 0 Å². The van der Waals surface area contributed by atoms with Gasteiger partial charge in [-0.3, -0.25) is 0 Å². The molecule has 0 fully saturated rings. The Balaban J connectivity index is 1.84. The van der Waals surface area contributed by atoms with Gasteiger partial charge in [0.25, 0.3) is 0 Å². The van der Waals surface area contributed by atoms with E-state index in [1.807, 2.05) is 17.1 Å². The van der Waals surface area contributed by atoms with Gasteiger partial charge in [0.1, 0.15) is 0 Å². The molecule has 0 aliphatic carbocycles. The molecule has 5 heteroatoms. The molecule has 3 nitrogen and oxygen atoms in total. The van der Waals surface area contributed by atoms with Crippen LogP contribution in [0.15, 0.2) is 34.6 Å². The average molecular weight is 261 g/mol. The molecule has 0 aliphatic rings. The highest BCUT2D eigenvalue weighted by molar-refractivity contribution is 7.16. The summed E-state index contributed by atoms with van der Waals surface area (Å²) >= 11 is 3.28. The van der Waals surface area contributed by atoms with E-state index in [-0.39, 0.29) is 6.04 Å². The van der Waals surface area contributed by atoms with Crippen molar-refractivity contribution in [2.45, 2.75) is 13.0 Å². The number of hydrogen-bond donors (Lipinski definition) is 1. The lowest BCUT2D eigenvalue weighted by molar-refractivity contribution is 0.850. The quantitative estimate of drug-likeness (QED) is 0.776. The van der Waals surface area contributed by atoms with Crippen molar-refractivity contribution in [2.24, 2.45) is 0 Å². The molecule has 0 radical (unpaired) electrons. The third-order valence-electron chi connectivity index (χ3n) is 2.61. The first-order chi connectivity index (χ1) is 8.33. The zero-order valence-electron chi connectivity index (χ0n) is 9.25. The normalized spacial score (nSPS) is 12.8. The fourth-order valence-corrected chi connectivity index (χ4v) is 3.07. The third kappa shape index (κ3) is 2.16. The molecule has 0 saturated heterocycles. The molecule has 17 heavy (non-hydrogen) atoms. The van der Waals surface area contributed by atoms with Crippen molar-refractivity contribution in [3.05, 3.63) is 40.3 Å². The first kappa shape index (κ1) is 10.7. The summed E-state index contributed by atoms with van der Waals surface area (Å²) in [5.41, 5.74) is 6.99. The number of aromatic nitrogens is 2. The molecule has 1 unspecified atom stereocenters. The van der Waals surface area contributed by atoms with Crippen LogP contribution >= 0.6 is 22.7 Å². The van der Waals surface area contributed by atoms with Crippen LogP contribution in [-0.2, 0) is 0 Å². The summed E-state index contributed by atoms with van der Waals surface area (Å²) in [7, 11) is 0. The maximum Gasteiger partial charge on any atom is 0.0813 e. The lowest BCUT2D eigenvalue weighted by Gasteiger charge is -2.12. The number of hydrogen-bond acceptors (Lipinski definition) is 5. The van der Waals surface area contributed by atoms with E-state index in [2.05, 4.69) is 39.7 Å². The van der Waals surface area contributed by atoms with Crippen molar-refractivity contribution in [1.29, 1.82) is 0 Å². The van der Waals surface area contributed by atoms with E-state index >= 15 is 0 Å². The van der Waals surface area contributed by atoms with E-state index in [9.17, 15) is 0 Å². The number of fused-ring (bicyclic) bond motifs is 1. The smallest absolute Gasteiger partial charge is 0.0813 e. The predicted molar refractivity (Wildman–Crippen MR) is 73.8 cm³/mol. The molecule has 1 aromatic carbocycles. The number of nitrogens with one attached hydrogen (secondary N) is 1. The molecule has 3 rings (SSSR count). The van der Waals surface area contributed by atoms with Crippen molar-refractivity contribution in [1.82, 2.24) is 9.97 Å². The van der Waals surface area contributed by atoms with Gasteiger partial charge in [0.15, 0.2) is 0 Å². The summed E-state index contributed by atoms with van der Waals surface area (Å²) in [6, 6.07) is 6.47. The Morgan fingerprint density at radius 3 is 3.00 bits per heavy atom. The van der Waals surface area contributed by atoms with Gasteiger partial charge in [0.2, 0.25) is 0 Å². The molecule has 1 N–H and O–H groups in total. The molecule has 0 saturated carbocycles. The van der Waals surface area contributed by atoms with Crippen molar-refractivity contribution in [2.75, 3.05) is 5.32 Å². The van der Waals surface area contributed by atoms with E-state index in [1.54, 1.807) is 22.7 Å². The minimum atomic E-state index is 0.228. The third-order valence-corrected chi connectivity index (χ3v) is 4.01. The number of benzene rings is 1. The van der Waals surface area contributed by atoms with Crippen LogP contribution in [0.5, 0.6) is 0 Å². The molecule has 0 aliphatic heterocycles. The highest BCUT2D eigenvalue weighted by atomic mass is 32.1.